The molecule has 0 N–H and O–H groups in total. The first-order chi connectivity index (χ1) is 28.4. The molecule has 59 heavy (non-hydrogen) atoms. The number of benzene rings is 8. The van der Waals surface area contributed by atoms with Crippen LogP contribution in [0.25, 0.3) is 50.6 Å². The van der Waals surface area contributed by atoms with E-state index in [1.165, 1.54) is 78.9 Å². The van der Waals surface area contributed by atoms with E-state index in [0.717, 1.165) is 22.1 Å². The first kappa shape index (κ1) is 36.4. The van der Waals surface area contributed by atoms with Gasteiger partial charge in [0.05, 0.1) is 0 Å². The average Bonchev–Trinajstić information content (AvgIpc) is 3.69. The van der Waals surface area contributed by atoms with Crippen molar-refractivity contribution in [2.45, 2.75) is 57.8 Å². The van der Waals surface area contributed by atoms with E-state index in [0.29, 0.717) is 0 Å². The van der Waals surface area contributed by atoms with Gasteiger partial charge in [-0.15, -0.1) is 0 Å². The fraction of sp³-hybridized carbons (Fsp3) is 0.161. The molecule has 0 bridgehead atoms. The molecule has 0 saturated heterocycles. The molecule has 1 atom stereocenters. The monoisotopic (exact) mass is 877 g/mol. The van der Waals surface area contributed by atoms with Crippen molar-refractivity contribution in [1.82, 2.24) is 0 Å². The Morgan fingerprint density at radius 1 is 0.441 bits per heavy atom. The van der Waals surface area contributed by atoms with Crippen molar-refractivity contribution in [3.63, 3.8) is 0 Å². The minimum Gasteiger partial charge on any atom is -0.0561 e. The first-order valence-electron chi connectivity index (χ1n) is 20.7. The Kier molecular flexibility index (Phi) is 7.94. The third-order valence-corrected chi connectivity index (χ3v) is 16.2. The predicted octanol–water partition coefficient (Wildman–Crippen LogP) is 14.0. The van der Waals surface area contributed by atoms with Gasteiger partial charge in [-0.1, -0.05) is 65.8 Å². The van der Waals surface area contributed by atoms with E-state index in [4.69, 9.17) is 0 Å². The Morgan fingerprint density at radius 2 is 1.05 bits per heavy atom. The van der Waals surface area contributed by atoms with Gasteiger partial charge < -0.3 is 0 Å². The molecule has 1 aromatic heterocycles. The van der Waals surface area contributed by atoms with Crippen LogP contribution in [0.15, 0.2) is 169 Å². The Morgan fingerprint density at radius 3 is 1.78 bits per heavy atom. The van der Waals surface area contributed by atoms with E-state index in [-0.39, 0.29) is 16.3 Å². The van der Waals surface area contributed by atoms with E-state index in [1.807, 2.05) is 12.1 Å². The molecule has 8 aromatic carbocycles. The Bertz CT molecular complexity index is 3260. The van der Waals surface area contributed by atoms with Gasteiger partial charge in [0.2, 0.25) is 0 Å². The van der Waals surface area contributed by atoms with Gasteiger partial charge in [0.15, 0.2) is 0 Å². The first-order valence-corrected chi connectivity index (χ1v) is 23.0. The second-order valence-electron chi connectivity index (χ2n) is 18.5. The van der Waals surface area contributed by atoms with Gasteiger partial charge in [-0.05, 0) is 16.4 Å². The summed E-state index contributed by atoms with van der Waals surface area (Å²) in [5.41, 5.74) is 15.6. The Hall–Kier alpha value is -5.72. The predicted molar refractivity (Wildman–Crippen MR) is 251 cm³/mol. The van der Waals surface area contributed by atoms with Crippen molar-refractivity contribution in [2.75, 3.05) is 4.90 Å². The average molecular weight is 876 g/mol. The van der Waals surface area contributed by atoms with Crippen LogP contribution in [0.5, 0.6) is 0 Å². The Balaban J connectivity index is 1.23. The van der Waals surface area contributed by atoms with Gasteiger partial charge in [-0.25, -0.2) is 0 Å². The fourth-order valence-corrected chi connectivity index (χ4v) is 13.1. The zero-order valence-electron chi connectivity index (χ0n) is 34.4. The van der Waals surface area contributed by atoms with Gasteiger partial charge >= 0.3 is 276 Å². The summed E-state index contributed by atoms with van der Waals surface area (Å²) in [6.07, 6.45) is 0. The molecule has 0 radical (unpaired) electrons. The minimum atomic E-state index is -0.741. The van der Waals surface area contributed by atoms with E-state index in [1.54, 1.807) is 0 Å². The molecule has 11 rings (SSSR count). The number of nitrogens with zero attached hydrogens (tertiary/aromatic N) is 1. The summed E-state index contributed by atoms with van der Waals surface area (Å²) in [6.45, 7) is 13.8. The zero-order valence-corrected chi connectivity index (χ0v) is 36.7. The normalized spacial score (nSPS) is 15.4. The van der Waals surface area contributed by atoms with Crippen LogP contribution in [0.2, 0.25) is 0 Å². The third-order valence-electron chi connectivity index (χ3n) is 12.9. The third kappa shape index (κ3) is 5.34. The molecule has 1 unspecified atom stereocenters. The summed E-state index contributed by atoms with van der Waals surface area (Å²) in [5.74, 6) is 0. The van der Waals surface area contributed by atoms with Gasteiger partial charge in [0.1, 0.15) is 0 Å². The molecule has 2 nitrogen and oxygen atoms in total. The van der Waals surface area contributed by atoms with Crippen LogP contribution >= 0.6 is 0 Å². The SMILES string of the molecule is CC(C)(C)c1ccc2c(N(c3ccccc3)c3ccc4c(c3)C3(c5ccccc5-4)c4ccccc4-c4cc5[te]c6ccccc6c(=O)c5cc43)cc(C(C)(C)C)cc2c1. The van der Waals surface area contributed by atoms with E-state index in [9.17, 15) is 4.79 Å². The molecule has 0 aliphatic heterocycles. The Labute approximate surface area is 356 Å². The number of hydrogen-bond donors (Lipinski definition) is 0. The second kappa shape index (κ2) is 12.9. The van der Waals surface area contributed by atoms with Crippen molar-refractivity contribution in [2.24, 2.45) is 0 Å². The standard InChI is InChI=1S/C56H45NOTe/c1-54(2,3)35-24-26-39-34(28-35)29-36(55(4,5)6)30-50(39)57(37-16-8-7-9-17-37)38-25-27-42-40-18-10-13-21-46(40)56(48(42)31-38)47-22-14-11-19-41(47)44-33-52-45(32-49(44)56)53(58)43-20-12-15-23-51(43)59-52/h7-33H,1-6H3. The van der Waals surface area contributed by atoms with E-state index >= 15 is 0 Å². The zero-order chi connectivity index (χ0) is 40.4. The number of anilines is 3. The van der Waals surface area contributed by atoms with Crippen LogP contribution in [-0.2, 0) is 16.2 Å². The minimum absolute atomic E-state index is 0.0255. The molecule has 1 spiro atoms. The van der Waals surface area contributed by atoms with Gasteiger partial charge in [-0.3, -0.25) is 0 Å². The van der Waals surface area contributed by atoms with Crippen LogP contribution < -0.4 is 10.3 Å². The van der Waals surface area contributed by atoms with Crippen LogP contribution in [0.4, 0.5) is 17.1 Å². The van der Waals surface area contributed by atoms with Gasteiger partial charge in [0, 0.05) is 0 Å². The van der Waals surface area contributed by atoms with Crippen LogP contribution in [0, 0.1) is 0 Å². The summed E-state index contributed by atoms with van der Waals surface area (Å²) in [6, 6.07) is 60.8. The van der Waals surface area contributed by atoms with Crippen molar-refractivity contribution in [1.29, 1.82) is 0 Å². The van der Waals surface area contributed by atoms with E-state index in [2.05, 4.69) is 198 Å². The second-order valence-corrected chi connectivity index (χ2v) is 21.6. The molecule has 2 aliphatic rings. The summed E-state index contributed by atoms with van der Waals surface area (Å²) >= 11 is -0.741. The molecule has 0 amide bonds. The summed E-state index contributed by atoms with van der Waals surface area (Å²) in [5, 5.41) is 4.23. The fourth-order valence-electron chi connectivity index (χ4n) is 10.00. The molecule has 9 aromatic rings. The van der Waals surface area contributed by atoms with Crippen molar-refractivity contribution >= 4 is 65.8 Å². The van der Waals surface area contributed by atoms with Crippen molar-refractivity contribution in [3.05, 3.63) is 207 Å². The molecular formula is C56H45NOTe. The smallest absolute Gasteiger partial charge is 0.0561 e. The maximum absolute atomic E-state index is 14.4. The number of hydrogen-bond acceptors (Lipinski definition) is 2. The van der Waals surface area contributed by atoms with E-state index < -0.39 is 25.8 Å². The quantitative estimate of drug-likeness (QED) is 0.130. The summed E-state index contributed by atoms with van der Waals surface area (Å²) < 4.78 is 2.47. The number of para-hydroxylation sites is 1. The molecule has 3 heteroatoms. The van der Waals surface area contributed by atoms with Crippen LogP contribution in [0.3, 0.4) is 0 Å². The maximum atomic E-state index is 14.4. The number of fused-ring (bicyclic) bond motifs is 13. The molecular weight excluding hydrogens is 830 g/mol. The van der Waals surface area contributed by atoms with Crippen LogP contribution in [-0.4, -0.2) is 20.4 Å². The topological polar surface area (TPSA) is 20.3 Å². The number of rotatable bonds is 3. The summed E-state index contributed by atoms with van der Waals surface area (Å²) in [7, 11) is 0. The van der Waals surface area contributed by atoms with Crippen molar-refractivity contribution < 1.29 is 0 Å². The molecule has 2 aliphatic carbocycles. The van der Waals surface area contributed by atoms with Gasteiger partial charge in [0.25, 0.3) is 0 Å². The molecule has 286 valence electrons. The van der Waals surface area contributed by atoms with Crippen LogP contribution in [0.1, 0.15) is 74.9 Å². The molecule has 1 heterocycles. The van der Waals surface area contributed by atoms with Crippen molar-refractivity contribution in [3.8, 4) is 22.3 Å². The van der Waals surface area contributed by atoms with Gasteiger partial charge in [-0.2, -0.15) is 0 Å². The molecule has 0 fully saturated rings. The summed E-state index contributed by atoms with van der Waals surface area (Å²) in [4.78, 5) is 16.9. The molecule has 0 saturated carbocycles.